The second-order valence-electron chi connectivity index (χ2n) is 5.22. The third-order valence-corrected chi connectivity index (χ3v) is 4.62. The number of nitrogens with one attached hydrogen (secondary N) is 1. The molecule has 2 rings (SSSR count). The Labute approximate surface area is 116 Å². The molecule has 0 radical (unpaired) electrons. The lowest BCUT2D eigenvalue weighted by Gasteiger charge is -2.34. The highest BCUT2D eigenvalue weighted by Crippen LogP contribution is 2.29. The number of rotatable bonds is 4. The molecule has 5 heteroatoms. The summed E-state index contributed by atoms with van der Waals surface area (Å²) in [6, 6.07) is 1.91. The molecule has 1 heterocycles. The lowest BCUT2D eigenvalue weighted by molar-refractivity contribution is -0.149. The molecule has 1 aliphatic rings. The first-order chi connectivity index (χ1) is 9.05. The van der Waals surface area contributed by atoms with E-state index in [1.54, 1.807) is 11.3 Å². The van der Waals surface area contributed by atoms with Gasteiger partial charge in [-0.3, -0.25) is 4.79 Å². The van der Waals surface area contributed by atoms with Crippen molar-refractivity contribution < 1.29 is 14.7 Å². The molecule has 1 amide bonds. The Morgan fingerprint density at radius 2 is 2.05 bits per heavy atom. The number of aliphatic carboxylic acids is 1. The zero-order chi connectivity index (χ0) is 13.9. The summed E-state index contributed by atoms with van der Waals surface area (Å²) in [6.45, 7) is 1.82. The molecule has 1 aliphatic carbocycles. The van der Waals surface area contributed by atoms with Crippen LogP contribution in [0.15, 0.2) is 16.8 Å². The first-order valence-corrected chi connectivity index (χ1v) is 7.57. The minimum Gasteiger partial charge on any atom is -0.480 e. The minimum absolute atomic E-state index is 0.192. The van der Waals surface area contributed by atoms with Crippen LogP contribution in [0.4, 0.5) is 0 Å². The van der Waals surface area contributed by atoms with E-state index in [1.807, 2.05) is 23.8 Å². The van der Waals surface area contributed by atoms with Crippen molar-refractivity contribution in [1.29, 1.82) is 0 Å². The van der Waals surface area contributed by atoms with Gasteiger partial charge in [0, 0.05) is 0 Å². The number of thiophene rings is 1. The molecule has 104 valence electrons. The molecule has 1 saturated carbocycles. The molecule has 19 heavy (non-hydrogen) atoms. The predicted octanol–water partition coefficient (Wildman–Crippen LogP) is 2.76. The monoisotopic (exact) mass is 281 g/mol. The molecule has 1 atom stereocenters. The summed E-state index contributed by atoms with van der Waals surface area (Å²) < 4.78 is 0. The van der Waals surface area contributed by atoms with Gasteiger partial charge in [-0.05, 0) is 42.2 Å². The summed E-state index contributed by atoms with van der Waals surface area (Å²) in [5.41, 5.74) is -0.113. The van der Waals surface area contributed by atoms with Crippen LogP contribution >= 0.6 is 11.3 Å². The highest BCUT2D eigenvalue weighted by atomic mass is 32.1. The minimum atomic E-state index is -1.06. The molecule has 2 N–H and O–H groups in total. The zero-order valence-corrected chi connectivity index (χ0v) is 11.8. The van der Waals surface area contributed by atoms with Gasteiger partial charge in [-0.1, -0.05) is 19.3 Å². The molecular formula is C14H19NO3S. The highest BCUT2D eigenvalue weighted by Gasteiger charge is 2.41. The molecule has 0 saturated heterocycles. The van der Waals surface area contributed by atoms with Crippen molar-refractivity contribution in [2.45, 2.75) is 50.5 Å². The van der Waals surface area contributed by atoms with Crippen LogP contribution in [0, 0.1) is 0 Å². The van der Waals surface area contributed by atoms with Gasteiger partial charge in [0.2, 0.25) is 5.91 Å². The van der Waals surface area contributed by atoms with Gasteiger partial charge in [0.1, 0.15) is 5.54 Å². The molecule has 1 unspecified atom stereocenters. The van der Waals surface area contributed by atoms with Gasteiger partial charge in [0.15, 0.2) is 0 Å². The zero-order valence-electron chi connectivity index (χ0n) is 11.0. The van der Waals surface area contributed by atoms with Crippen molar-refractivity contribution in [2.24, 2.45) is 0 Å². The molecular weight excluding hydrogens is 262 g/mol. The van der Waals surface area contributed by atoms with E-state index >= 15 is 0 Å². The summed E-state index contributed by atoms with van der Waals surface area (Å²) in [7, 11) is 0. The van der Waals surface area contributed by atoms with Gasteiger partial charge in [-0.2, -0.15) is 11.3 Å². The number of hydrogen-bond donors (Lipinski definition) is 2. The fraction of sp³-hybridized carbons (Fsp3) is 0.571. The van der Waals surface area contributed by atoms with Crippen LogP contribution in [-0.2, 0) is 9.59 Å². The first kappa shape index (κ1) is 14.1. The Kier molecular flexibility index (Phi) is 4.24. The Hall–Kier alpha value is -1.36. The molecule has 1 aromatic rings. The Balaban J connectivity index is 2.09. The van der Waals surface area contributed by atoms with E-state index in [4.69, 9.17) is 0 Å². The van der Waals surface area contributed by atoms with Crippen LogP contribution in [0.5, 0.6) is 0 Å². The third kappa shape index (κ3) is 2.97. The number of amides is 1. The fourth-order valence-electron chi connectivity index (χ4n) is 2.56. The molecule has 1 aromatic heterocycles. The van der Waals surface area contributed by atoms with E-state index in [9.17, 15) is 14.7 Å². The van der Waals surface area contributed by atoms with E-state index in [0.29, 0.717) is 12.8 Å². The van der Waals surface area contributed by atoms with Gasteiger partial charge in [-0.15, -0.1) is 0 Å². The summed E-state index contributed by atoms with van der Waals surface area (Å²) >= 11 is 1.54. The Morgan fingerprint density at radius 1 is 1.37 bits per heavy atom. The third-order valence-electron chi connectivity index (χ3n) is 3.92. The van der Waals surface area contributed by atoms with Crippen molar-refractivity contribution in [2.75, 3.05) is 0 Å². The summed E-state index contributed by atoms with van der Waals surface area (Å²) in [6.07, 6.45) is 3.83. The lowest BCUT2D eigenvalue weighted by Crippen LogP contribution is -2.56. The number of hydrogen-bond acceptors (Lipinski definition) is 3. The van der Waals surface area contributed by atoms with Crippen molar-refractivity contribution in [1.82, 2.24) is 5.32 Å². The highest BCUT2D eigenvalue weighted by molar-refractivity contribution is 7.08. The molecule has 1 fully saturated rings. The van der Waals surface area contributed by atoms with Crippen LogP contribution in [0.25, 0.3) is 0 Å². The average molecular weight is 281 g/mol. The van der Waals surface area contributed by atoms with Crippen molar-refractivity contribution in [3.8, 4) is 0 Å². The van der Waals surface area contributed by atoms with Gasteiger partial charge >= 0.3 is 5.97 Å². The number of carbonyl (C=O) groups is 2. The molecule has 0 aliphatic heterocycles. The Bertz CT molecular complexity index is 449. The maximum absolute atomic E-state index is 12.2. The number of carboxylic acid groups (broad SMARTS) is 1. The van der Waals surface area contributed by atoms with E-state index in [-0.39, 0.29) is 11.8 Å². The average Bonchev–Trinajstić information content (AvgIpc) is 2.92. The van der Waals surface area contributed by atoms with E-state index in [1.165, 1.54) is 0 Å². The van der Waals surface area contributed by atoms with Crippen molar-refractivity contribution in [3.05, 3.63) is 22.4 Å². The maximum Gasteiger partial charge on any atom is 0.329 e. The lowest BCUT2D eigenvalue weighted by atomic mass is 9.81. The largest absolute Gasteiger partial charge is 0.480 e. The molecule has 0 spiro atoms. The quantitative estimate of drug-likeness (QED) is 0.891. The topological polar surface area (TPSA) is 66.4 Å². The number of carbonyl (C=O) groups excluding carboxylic acids is 1. The van der Waals surface area contributed by atoms with Crippen molar-refractivity contribution >= 4 is 23.2 Å². The smallest absolute Gasteiger partial charge is 0.329 e. The summed E-state index contributed by atoms with van der Waals surface area (Å²) in [5, 5.41) is 16.1. The van der Waals surface area contributed by atoms with Crippen LogP contribution in [0.1, 0.15) is 50.5 Å². The second kappa shape index (κ2) is 5.74. The molecule has 0 aromatic carbocycles. The maximum atomic E-state index is 12.2. The van der Waals surface area contributed by atoms with Gasteiger partial charge in [-0.25, -0.2) is 4.79 Å². The van der Waals surface area contributed by atoms with E-state index in [2.05, 4.69) is 5.32 Å². The second-order valence-corrected chi connectivity index (χ2v) is 6.00. The molecule has 4 nitrogen and oxygen atoms in total. The van der Waals surface area contributed by atoms with Crippen molar-refractivity contribution in [3.63, 3.8) is 0 Å². The van der Waals surface area contributed by atoms with Crippen LogP contribution < -0.4 is 5.32 Å². The van der Waals surface area contributed by atoms with Crippen LogP contribution in [0.3, 0.4) is 0 Å². The van der Waals surface area contributed by atoms with Crippen LogP contribution in [-0.4, -0.2) is 22.5 Å². The van der Waals surface area contributed by atoms with Gasteiger partial charge in [0.05, 0.1) is 5.92 Å². The first-order valence-electron chi connectivity index (χ1n) is 6.63. The van der Waals surface area contributed by atoms with Crippen LogP contribution in [0.2, 0.25) is 0 Å². The van der Waals surface area contributed by atoms with E-state index in [0.717, 1.165) is 24.8 Å². The summed E-state index contributed by atoms with van der Waals surface area (Å²) in [4.78, 5) is 23.8. The summed E-state index contributed by atoms with van der Waals surface area (Å²) in [5.74, 6) is -1.40. The van der Waals surface area contributed by atoms with Gasteiger partial charge < -0.3 is 10.4 Å². The SMILES string of the molecule is CC(C(=O)NC1(C(=O)O)CCCCC1)c1ccsc1. The molecule has 0 bridgehead atoms. The fourth-order valence-corrected chi connectivity index (χ4v) is 3.32. The Morgan fingerprint density at radius 3 is 2.58 bits per heavy atom. The predicted molar refractivity (Wildman–Crippen MR) is 74.3 cm³/mol. The standard InChI is InChI=1S/C14H19NO3S/c1-10(11-5-8-19-9-11)12(16)15-14(13(17)18)6-3-2-4-7-14/h5,8-10H,2-4,6-7H2,1H3,(H,15,16)(H,17,18). The number of carboxylic acids is 1. The van der Waals surface area contributed by atoms with Gasteiger partial charge in [0.25, 0.3) is 0 Å². The normalized spacial score (nSPS) is 19.6. The van der Waals surface area contributed by atoms with E-state index < -0.39 is 11.5 Å².